The van der Waals surface area contributed by atoms with Gasteiger partial charge in [0, 0.05) is 44.7 Å². The number of nitrogens with zero attached hydrogens (tertiary/aromatic N) is 2. The van der Waals surface area contributed by atoms with E-state index in [4.69, 9.17) is 23.2 Å². The largest absolute Gasteiger partial charge is 0.341 e. The summed E-state index contributed by atoms with van der Waals surface area (Å²) in [6.45, 7) is 5.64. The molecule has 0 saturated carbocycles. The Kier molecular flexibility index (Phi) is 12.3. The SMILES string of the molecule is CCNC(=O)NC1(c2ccccc2)CCN(CCC(CN(C)C(=O)c2ccccc2)c2ccc(Cl)c(Cl)c2)CC1.Cl. The molecule has 0 bridgehead atoms. The van der Waals surface area contributed by atoms with Gasteiger partial charge >= 0.3 is 6.03 Å². The molecule has 1 saturated heterocycles. The average Bonchev–Trinajstić information content (AvgIpc) is 2.98. The summed E-state index contributed by atoms with van der Waals surface area (Å²) < 4.78 is 0. The van der Waals surface area contributed by atoms with Gasteiger partial charge in [0.25, 0.3) is 5.91 Å². The molecule has 0 spiro atoms. The first kappa shape index (κ1) is 32.7. The van der Waals surface area contributed by atoms with Gasteiger partial charge in [0.2, 0.25) is 0 Å². The van der Waals surface area contributed by atoms with Gasteiger partial charge in [-0.15, -0.1) is 12.4 Å². The van der Waals surface area contributed by atoms with E-state index in [0.717, 1.165) is 50.0 Å². The van der Waals surface area contributed by atoms with Gasteiger partial charge in [-0.3, -0.25) is 4.79 Å². The third-order valence-electron chi connectivity index (χ3n) is 7.80. The van der Waals surface area contributed by atoms with Crippen molar-refractivity contribution >= 4 is 47.5 Å². The van der Waals surface area contributed by atoms with Crippen molar-refractivity contribution in [3.05, 3.63) is 106 Å². The maximum absolute atomic E-state index is 13.1. The molecule has 0 radical (unpaired) electrons. The highest BCUT2D eigenvalue weighted by Crippen LogP contribution is 2.34. The van der Waals surface area contributed by atoms with Gasteiger partial charge in [-0.05, 0) is 68.1 Å². The Bertz CT molecular complexity index is 1270. The summed E-state index contributed by atoms with van der Waals surface area (Å²) in [7, 11) is 1.85. The number of carbonyl (C=O) groups is 2. The number of hydrogen-bond donors (Lipinski definition) is 2. The van der Waals surface area contributed by atoms with E-state index >= 15 is 0 Å². The number of likely N-dealkylation sites (N-methyl/N-ethyl adjacent to an activating group) is 1. The zero-order valence-electron chi connectivity index (χ0n) is 23.6. The first-order valence-corrected chi connectivity index (χ1v) is 14.7. The van der Waals surface area contributed by atoms with Gasteiger partial charge in [-0.1, -0.05) is 77.8 Å². The summed E-state index contributed by atoms with van der Waals surface area (Å²) in [5.74, 6) is 0.0781. The van der Waals surface area contributed by atoms with E-state index in [1.165, 1.54) is 0 Å². The smallest absolute Gasteiger partial charge is 0.315 e. The molecular weight excluding hydrogens is 579 g/mol. The molecule has 4 rings (SSSR count). The van der Waals surface area contributed by atoms with Crippen LogP contribution >= 0.6 is 35.6 Å². The van der Waals surface area contributed by atoms with Gasteiger partial charge < -0.3 is 20.4 Å². The molecule has 2 N–H and O–H groups in total. The normalized spacial score (nSPS) is 15.3. The van der Waals surface area contributed by atoms with Gasteiger partial charge in [0.05, 0.1) is 15.6 Å². The zero-order chi connectivity index (χ0) is 28.5. The van der Waals surface area contributed by atoms with Gasteiger partial charge in [0.1, 0.15) is 0 Å². The highest BCUT2D eigenvalue weighted by molar-refractivity contribution is 6.42. The Morgan fingerprint density at radius 1 is 0.951 bits per heavy atom. The van der Waals surface area contributed by atoms with E-state index in [2.05, 4.69) is 27.7 Å². The Morgan fingerprint density at radius 2 is 1.59 bits per heavy atom. The number of rotatable bonds is 10. The fourth-order valence-corrected chi connectivity index (χ4v) is 5.81. The minimum atomic E-state index is -0.400. The van der Waals surface area contributed by atoms with Crippen LogP contribution in [0.4, 0.5) is 4.79 Å². The van der Waals surface area contributed by atoms with Crippen molar-refractivity contribution in [2.75, 3.05) is 39.8 Å². The van der Waals surface area contributed by atoms with Crippen molar-refractivity contribution in [3.63, 3.8) is 0 Å². The van der Waals surface area contributed by atoms with Crippen LogP contribution in [0, 0.1) is 0 Å². The lowest BCUT2D eigenvalue weighted by molar-refractivity contribution is 0.0779. The highest BCUT2D eigenvalue weighted by Gasteiger charge is 2.37. The van der Waals surface area contributed by atoms with Gasteiger partial charge in [-0.2, -0.15) is 0 Å². The molecule has 41 heavy (non-hydrogen) atoms. The molecule has 1 heterocycles. The Balaban J connectivity index is 0.00000462. The van der Waals surface area contributed by atoms with E-state index in [1.54, 1.807) is 4.90 Å². The van der Waals surface area contributed by atoms with Crippen molar-refractivity contribution in [3.8, 4) is 0 Å². The monoisotopic (exact) mass is 616 g/mol. The molecule has 6 nitrogen and oxygen atoms in total. The maximum Gasteiger partial charge on any atom is 0.315 e. The Labute approximate surface area is 259 Å². The minimum Gasteiger partial charge on any atom is -0.341 e. The number of urea groups is 1. The van der Waals surface area contributed by atoms with Gasteiger partial charge in [-0.25, -0.2) is 4.79 Å². The number of halogens is 3. The summed E-state index contributed by atoms with van der Waals surface area (Å²) in [6.07, 6.45) is 2.49. The molecule has 1 aliphatic rings. The lowest BCUT2D eigenvalue weighted by Crippen LogP contribution is -2.55. The summed E-state index contributed by atoms with van der Waals surface area (Å²) in [5, 5.41) is 7.20. The molecule has 1 unspecified atom stereocenters. The highest BCUT2D eigenvalue weighted by atomic mass is 35.5. The van der Waals surface area contributed by atoms with Crippen LogP contribution in [0.25, 0.3) is 0 Å². The molecule has 3 amide bonds. The predicted octanol–water partition coefficient (Wildman–Crippen LogP) is 6.97. The second kappa shape index (κ2) is 15.5. The Hall–Kier alpha value is -2.77. The second-order valence-corrected chi connectivity index (χ2v) is 11.3. The van der Waals surface area contributed by atoms with E-state index in [9.17, 15) is 9.59 Å². The number of amides is 3. The maximum atomic E-state index is 13.1. The van der Waals surface area contributed by atoms with Crippen LogP contribution in [-0.2, 0) is 5.54 Å². The van der Waals surface area contributed by atoms with Crippen LogP contribution in [0.3, 0.4) is 0 Å². The van der Waals surface area contributed by atoms with Crippen molar-refractivity contribution in [2.45, 2.75) is 37.6 Å². The topological polar surface area (TPSA) is 64.7 Å². The molecule has 3 aromatic carbocycles. The fraction of sp³-hybridized carbons (Fsp3) is 0.375. The third kappa shape index (κ3) is 8.62. The van der Waals surface area contributed by atoms with Gasteiger partial charge in [0.15, 0.2) is 0 Å². The fourth-order valence-electron chi connectivity index (χ4n) is 5.51. The minimum absolute atomic E-state index is 0. The average molecular weight is 618 g/mol. The molecule has 0 aliphatic carbocycles. The first-order chi connectivity index (χ1) is 19.3. The molecule has 3 aromatic rings. The summed E-state index contributed by atoms with van der Waals surface area (Å²) in [4.78, 5) is 29.9. The summed E-state index contributed by atoms with van der Waals surface area (Å²) in [6, 6.07) is 25.2. The van der Waals surface area contributed by atoms with Crippen LogP contribution in [0.15, 0.2) is 78.9 Å². The number of hydrogen-bond acceptors (Lipinski definition) is 3. The van der Waals surface area contributed by atoms with Crippen molar-refractivity contribution in [1.29, 1.82) is 0 Å². The van der Waals surface area contributed by atoms with Crippen molar-refractivity contribution in [2.24, 2.45) is 0 Å². The molecule has 0 aromatic heterocycles. The third-order valence-corrected chi connectivity index (χ3v) is 8.54. The first-order valence-electron chi connectivity index (χ1n) is 13.9. The van der Waals surface area contributed by atoms with E-state index < -0.39 is 5.54 Å². The standard InChI is InChI=1S/C32H38Cl2N4O2.ClH/c1-3-35-31(40)36-32(27-12-8-5-9-13-27)17-20-38(21-18-32)19-16-26(25-14-15-28(33)29(34)22-25)23-37(2)30(39)24-10-6-4-7-11-24;/h4-15,22,26H,3,16-21,23H2,1-2H3,(H2,35,36,40);1H. The number of benzene rings is 3. The van der Waals surface area contributed by atoms with Crippen molar-refractivity contribution in [1.82, 2.24) is 20.4 Å². The number of piperidine rings is 1. The molecule has 1 aliphatic heterocycles. The number of carbonyl (C=O) groups excluding carboxylic acids is 2. The van der Waals surface area contributed by atoms with E-state index in [1.807, 2.05) is 80.7 Å². The Morgan fingerprint density at radius 3 is 2.20 bits per heavy atom. The molecule has 1 fully saturated rings. The lowest BCUT2D eigenvalue weighted by atomic mass is 9.80. The number of nitrogens with one attached hydrogen (secondary N) is 2. The predicted molar refractivity (Wildman–Crippen MR) is 170 cm³/mol. The molecule has 9 heteroatoms. The molecular formula is C32H39Cl3N4O2. The van der Waals surface area contributed by atoms with Crippen LogP contribution in [0.5, 0.6) is 0 Å². The van der Waals surface area contributed by atoms with Crippen LogP contribution < -0.4 is 10.6 Å². The van der Waals surface area contributed by atoms with Crippen LogP contribution in [0.2, 0.25) is 10.0 Å². The summed E-state index contributed by atoms with van der Waals surface area (Å²) >= 11 is 12.6. The summed E-state index contributed by atoms with van der Waals surface area (Å²) in [5.41, 5.74) is 2.47. The second-order valence-electron chi connectivity index (χ2n) is 10.5. The number of likely N-dealkylation sites (tertiary alicyclic amines) is 1. The van der Waals surface area contributed by atoms with Crippen LogP contribution in [0.1, 0.15) is 53.6 Å². The molecule has 1 atom stereocenters. The van der Waals surface area contributed by atoms with Crippen molar-refractivity contribution < 1.29 is 9.59 Å². The quantitative estimate of drug-likeness (QED) is 0.258. The molecule has 220 valence electrons. The van der Waals surface area contributed by atoms with E-state index in [0.29, 0.717) is 28.7 Å². The lowest BCUT2D eigenvalue weighted by Gasteiger charge is -2.43. The van der Waals surface area contributed by atoms with E-state index in [-0.39, 0.29) is 30.3 Å². The zero-order valence-corrected chi connectivity index (χ0v) is 25.9. The van der Waals surface area contributed by atoms with Crippen LogP contribution in [-0.4, -0.2) is 61.5 Å².